The maximum absolute atomic E-state index is 12.6. The van der Waals surface area contributed by atoms with Crippen molar-refractivity contribution < 1.29 is 14.4 Å². The molecule has 0 aromatic heterocycles. The smallest absolute Gasteiger partial charge is 0.294 e. The number of nitro benzene ring substituents is 1. The molecular weight excluding hydrogens is 189 g/mol. The highest BCUT2D eigenvalue weighted by atomic mass is 35.5. The summed E-state index contributed by atoms with van der Waals surface area (Å²) in [4.78, 5) is 9.30. The molecule has 0 bridgehead atoms. The van der Waals surface area contributed by atoms with Crippen LogP contribution in [-0.2, 0) is 0 Å². The summed E-state index contributed by atoms with van der Waals surface area (Å²) in [6.07, 6.45) is 0. The van der Waals surface area contributed by atoms with Crippen LogP contribution in [0.4, 0.5) is 10.1 Å². The quantitative estimate of drug-likeness (QED) is 0.546. The topological polar surface area (TPSA) is 63.4 Å². The van der Waals surface area contributed by atoms with Gasteiger partial charge in [0.1, 0.15) is 5.75 Å². The van der Waals surface area contributed by atoms with E-state index in [2.05, 4.69) is 0 Å². The second-order valence-electron chi connectivity index (χ2n) is 2.02. The fourth-order valence-corrected chi connectivity index (χ4v) is 0.872. The van der Waals surface area contributed by atoms with E-state index >= 15 is 0 Å². The van der Waals surface area contributed by atoms with E-state index in [9.17, 15) is 14.5 Å². The molecule has 0 fully saturated rings. The van der Waals surface area contributed by atoms with Gasteiger partial charge in [0.05, 0.1) is 11.0 Å². The van der Waals surface area contributed by atoms with Gasteiger partial charge in [-0.15, -0.1) is 0 Å². The molecule has 0 saturated carbocycles. The molecule has 0 aliphatic carbocycles. The SMILES string of the molecule is O=[N+]([O-])c1cc(O)cc(F)c1Cl. The van der Waals surface area contributed by atoms with E-state index in [1.54, 1.807) is 0 Å². The van der Waals surface area contributed by atoms with Crippen molar-refractivity contribution in [2.24, 2.45) is 0 Å². The number of rotatable bonds is 1. The van der Waals surface area contributed by atoms with Crippen LogP contribution in [0.5, 0.6) is 5.75 Å². The van der Waals surface area contributed by atoms with E-state index in [4.69, 9.17) is 16.7 Å². The molecule has 1 aromatic rings. The number of nitro groups is 1. The number of nitrogens with zero attached hydrogens (tertiary/aromatic N) is 1. The Morgan fingerprint density at radius 3 is 2.67 bits per heavy atom. The van der Waals surface area contributed by atoms with Crippen molar-refractivity contribution in [2.45, 2.75) is 0 Å². The number of halogens is 2. The van der Waals surface area contributed by atoms with Crippen molar-refractivity contribution in [1.29, 1.82) is 0 Å². The third-order valence-corrected chi connectivity index (χ3v) is 1.56. The van der Waals surface area contributed by atoms with Gasteiger partial charge in [0.15, 0.2) is 10.8 Å². The van der Waals surface area contributed by atoms with Gasteiger partial charge in [0.25, 0.3) is 5.69 Å². The van der Waals surface area contributed by atoms with Crippen LogP contribution in [0.15, 0.2) is 12.1 Å². The predicted octanol–water partition coefficient (Wildman–Crippen LogP) is 2.09. The van der Waals surface area contributed by atoms with Gasteiger partial charge in [-0.25, -0.2) is 4.39 Å². The molecule has 0 unspecified atom stereocenters. The van der Waals surface area contributed by atoms with Crippen molar-refractivity contribution in [3.63, 3.8) is 0 Å². The first-order valence-corrected chi connectivity index (χ1v) is 3.22. The van der Waals surface area contributed by atoms with E-state index in [0.29, 0.717) is 6.07 Å². The Labute approximate surface area is 71.3 Å². The van der Waals surface area contributed by atoms with Crippen LogP contribution in [0, 0.1) is 15.9 Å². The molecule has 0 saturated heterocycles. The summed E-state index contributed by atoms with van der Waals surface area (Å²) >= 11 is 5.23. The molecule has 0 atom stereocenters. The van der Waals surface area contributed by atoms with Gasteiger partial charge in [-0.1, -0.05) is 11.6 Å². The molecule has 0 aliphatic heterocycles. The van der Waals surface area contributed by atoms with Crippen LogP contribution in [0.2, 0.25) is 5.02 Å². The molecule has 0 spiro atoms. The predicted molar refractivity (Wildman–Crippen MR) is 39.7 cm³/mol. The Hall–Kier alpha value is -1.36. The summed E-state index contributed by atoms with van der Waals surface area (Å²) in [5.74, 6) is -1.54. The molecule has 0 radical (unpaired) electrons. The lowest BCUT2D eigenvalue weighted by atomic mass is 10.3. The molecule has 1 aromatic carbocycles. The summed E-state index contributed by atoms with van der Waals surface area (Å²) in [5, 5.41) is 18.3. The molecule has 6 heteroatoms. The van der Waals surface area contributed by atoms with E-state index in [-0.39, 0.29) is 0 Å². The third-order valence-electron chi connectivity index (χ3n) is 1.19. The van der Waals surface area contributed by atoms with Gasteiger partial charge >= 0.3 is 0 Å². The van der Waals surface area contributed by atoms with Crippen LogP contribution in [0.1, 0.15) is 0 Å². The van der Waals surface area contributed by atoms with Crippen molar-refractivity contribution >= 4 is 17.3 Å². The zero-order valence-corrected chi connectivity index (χ0v) is 6.38. The summed E-state index contributed by atoms with van der Waals surface area (Å²) in [6, 6.07) is 1.49. The minimum absolute atomic E-state index is 0.524. The largest absolute Gasteiger partial charge is 0.508 e. The van der Waals surface area contributed by atoms with Crippen LogP contribution in [0.25, 0.3) is 0 Å². The van der Waals surface area contributed by atoms with Gasteiger partial charge in [-0.3, -0.25) is 10.1 Å². The maximum Gasteiger partial charge on any atom is 0.294 e. The first-order valence-electron chi connectivity index (χ1n) is 2.85. The van der Waals surface area contributed by atoms with E-state index < -0.39 is 27.2 Å². The second-order valence-corrected chi connectivity index (χ2v) is 2.40. The average Bonchev–Trinajstić information content (AvgIpc) is 1.96. The molecule has 4 nitrogen and oxygen atoms in total. The van der Waals surface area contributed by atoms with Crippen molar-refractivity contribution in [3.05, 3.63) is 33.1 Å². The summed E-state index contributed by atoms with van der Waals surface area (Å²) in [5.41, 5.74) is -0.644. The van der Waals surface area contributed by atoms with Crippen LogP contribution in [-0.4, -0.2) is 10.0 Å². The highest BCUT2D eigenvalue weighted by Gasteiger charge is 2.17. The minimum atomic E-state index is -1.01. The van der Waals surface area contributed by atoms with Crippen molar-refractivity contribution in [1.82, 2.24) is 0 Å². The van der Waals surface area contributed by atoms with Crippen molar-refractivity contribution in [3.8, 4) is 5.75 Å². The zero-order valence-electron chi connectivity index (χ0n) is 5.62. The Bertz CT molecular complexity index is 342. The summed E-state index contributed by atoms with van der Waals surface area (Å²) in [6.45, 7) is 0. The molecule has 1 rings (SSSR count). The van der Waals surface area contributed by atoms with Gasteiger partial charge < -0.3 is 5.11 Å². The van der Waals surface area contributed by atoms with E-state index in [1.807, 2.05) is 0 Å². The number of phenolic OH excluding ortho intramolecular Hbond substituents is 1. The second kappa shape index (κ2) is 2.94. The highest BCUT2D eigenvalue weighted by Crippen LogP contribution is 2.30. The number of benzene rings is 1. The third kappa shape index (κ3) is 1.45. The normalized spacial score (nSPS) is 9.83. The summed E-state index contributed by atoms with van der Waals surface area (Å²) < 4.78 is 12.6. The fourth-order valence-electron chi connectivity index (χ4n) is 0.694. The van der Waals surface area contributed by atoms with E-state index in [1.165, 1.54) is 0 Å². The van der Waals surface area contributed by atoms with Crippen LogP contribution < -0.4 is 0 Å². The first-order chi connectivity index (χ1) is 5.52. The molecule has 64 valence electrons. The monoisotopic (exact) mass is 191 g/mol. The van der Waals surface area contributed by atoms with Crippen molar-refractivity contribution in [2.75, 3.05) is 0 Å². The standard InChI is InChI=1S/C6H3ClFNO3/c7-6-4(8)1-3(10)2-5(6)9(11)12/h1-2,10H. The van der Waals surface area contributed by atoms with E-state index in [0.717, 1.165) is 6.07 Å². The number of phenols is 1. The van der Waals surface area contributed by atoms with Gasteiger partial charge in [-0.05, 0) is 0 Å². The lowest BCUT2D eigenvalue weighted by molar-refractivity contribution is -0.384. The molecule has 12 heavy (non-hydrogen) atoms. The molecule has 0 amide bonds. The molecule has 1 N–H and O–H groups in total. The Morgan fingerprint density at radius 2 is 2.17 bits per heavy atom. The fraction of sp³-hybridized carbons (Fsp3) is 0. The zero-order chi connectivity index (χ0) is 9.30. The Balaban J connectivity index is 3.37. The number of hydrogen-bond donors (Lipinski definition) is 1. The lowest BCUT2D eigenvalue weighted by Crippen LogP contribution is -1.90. The Morgan fingerprint density at radius 1 is 1.58 bits per heavy atom. The minimum Gasteiger partial charge on any atom is -0.508 e. The number of aromatic hydroxyl groups is 1. The van der Waals surface area contributed by atoms with Crippen LogP contribution in [0.3, 0.4) is 0 Å². The highest BCUT2D eigenvalue weighted by molar-refractivity contribution is 6.32. The number of hydrogen-bond acceptors (Lipinski definition) is 3. The molecule has 0 aliphatic rings. The van der Waals surface area contributed by atoms with Gasteiger partial charge in [-0.2, -0.15) is 0 Å². The van der Waals surface area contributed by atoms with Crippen LogP contribution >= 0.6 is 11.6 Å². The summed E-state index contributed by atoms with van der Waals surface area (Å²) in [7, 11) is 0. The first kappa shape index (κ1) is 8.73. The Kier molecular flexibility index (Phi) is 2.14. The lowest BCUT2D eigenvalue weighted by Gasteiger charge is -1.97. The molecule has 0 heterocycles. The van der Waals surface area contributed by atoms with Gasteiger partial charge in [0.2, 0.25) is 0 Å². The maximum atomic E-state index is 12.6. The average molecular weight is 192 g/mol. The molecular formula is C6H3ClFNO3. The van der Waals surface area contributed by atoms with Gasteiger partial charge in [0, 0.05) is 6.07 Å².